The van der Waals surface area contributed by atoms with E-state index in [0.29, 0.717) is 6.04 Å². The number of nitrogens with zero attached hydrogens (tertiary/aromatic N) is 4. The first-order valence-corrected chi connectivity index (χ1v) is 10.4. The number of anilines is 1. The third kappa shape index (κ3) is 4.40. The summed E-state index contributed by atoms with van der Waals surface area (Å²) >= 11 is 0. The molecule has 0 N–H and O–H groups in total. The standard InChI is InChI=1S/C22H32N4O2/c1-17-14-18(2)26(23-17)21-6-4-20(5-7-21)25-10-8-19(9-11-25)24(3)15-22-16-27-12-13-28-22/h4-7,14,19,22H,8-13,15-16H2,1-3H3/t22-/m0/s1. The molecule has 28 heavy (non-hydrogen) atoms. The van der Waals surface area contributed by atoms with Gasteiger partial charge in [-0.05, 0) is 64.1 Å². The summed E-state index contributed by atoms with van der Waals surface area (Å²) in [4.78, 5) is 4.96. The Bertz CT molecular complexity index is 759. The van der Waals surface area contributed by atoms with Gasteiger partial charge < -0.3 is 19.3 Å². The molecule has 0 saturated carbocycles. The summed E-state index contributed by atoms with van der Waals surface area (Å²) in [6.07, 6.45) is 2.59. The minimum atomic E-state index is 0.221. The van der Waals surface area contributed by atoms with Crippen molar-refractivity contribution in [1.82, 2.24) is 14.7 Å². The molecule has 2 saturated heterocycles. The normalized spacial score (nSPS) is 21.4. The maximum absolute atomic E-state index is 5.80. The number of rotatable bonds is 5. The summed E-state index contributed by atoms with van der Waals surface area (Å²) in [6, 6.07) is 11.5. The van der Waals surface area contributed by atoms with Gasteiger partial charge in [0.1, 0.15) is 0 Å². The molecule has 0 aliphatic carbocycles. The molecular weight excluding hydrogens is 352 g/mol. The first-order valence-electron chi connectivity index (χ1n) is 10.4. The van der Waals surface area contributed by atoms with Crippen LogP contribution < -0.4 is 4.90 Å². The molecule has 6 heteroatoms. The zero-order valence-electron chi connectivity index (χ0n) is 17.3. The monoisotopic (exact) mass is 384 g/mol. The molecule has 3 heterocycles. The highest BCUT2D eigenvalue weighted by Gasteiger charge is 2.25. The Labute approximate surface area is 168 Å². The van der Waals surface area contributed by atoms with E-state index in [1.54, 1.807) is 0 Å². The van der Waals surface area contributed by atoms with Crippen molar-refractivity contribution in [2.45, 2.75) is 38.8 Å². The second kappa shape index (κ2) is 8.64. The fourth-order valence-corrected chi connectivity index (χ4v) is 4.37. The SMILES string of the molecule is Cc1cc(C)n(-c2ccc(N3CCC(N(C)C[C@H]4COCCO4)CC3)cc2)n1. The van der Waals surface area contributed by atoms with E-state index in [0.717, 1.165) is 50.8 Å². The number of piperidine rings is 1. The van der Waals surface area contributed by atoms with Crippen molar-refractivity contribution in [1.29, 1.82) is 0 Å². The average molecular weight is 385 g/mol. The largest absolute Gasteiger partial charge is 0.376 e. The smallest absolute Gasteiger partial charge is 0.0936 e. The van der Waals surface area contributed by atoms with Crippen LogP contribution in [0.15, 0.2) is 30.3 Å². The molecule has 0 bridgehead atoms. The highest BCUT2D eigenvalue weighted by Crippen LogP contribution is 2.24. The quantitative estimate of drug-likeness (QED) is 0.793. The molecule has 6 nitrogen and oxygen atoms in total. The van der Waals surface area contributed by atoms with Gasteiger partial charge in [0.2, 0.25) is 0 Å². The first kappa shape index (κ1) is 19.4. The number of likely N-dealkylation sites (N-methyl/N-ethyl adjacent to an activating group) is 1. The van der Waals surface area contributed by atoms with Gasteiger partial charge in [-0.15, -0.1) is 0 Å². The lowest BCUT2D eigenvalue weighted by Crippen LogP contribution is -2.47. The minimum absolute atomic E-state index is 0.221. The molecule has 0 amide bonds. The Hall–Kier alpha value is -1.89. The van der Waals surface area contributed by atoms with Crippen LogP contribution in [0.25, 0.3) is 5.69 Å². The van der Waals surface area contributed by atoms with Crippen molar-refractivity contribution in [2.75, 3.05) is 51.4 Å². The number of ether oxygens (including phenoxy) is 2. The molecule has 1 atom stereocenters. The van der Waals surface area contributed by atoms with Crippen LogP contribution in [0.3, 0.4) is 0 Å². The van der Waals surface area contributed by atoms with Gasteiger partial charge in [0, 0.05) is 37.1 Å². The molecule has 2 aliphatic heterocycles. The maximum atomic E-state index is 5.80. The lowest BCUT2D eigenvalue weighted by atomic mass is 10.0. The lowest BCUT2D eigenvalue weighted by Gasteiger charge is -2.39. The van der Waals surface area contributed by atoms with Crippen LogP contribution in [0.5, 0.6) is 0 Å². The summed E-state index contributed by atoms with van der Waals surface area (Å²) in [6.45, 7) is 9.47. The molecular formula is C22H32N4O2. The molecule has 2 aliphatic rings. The summed E-state index contributed by atoms with van der Waals surface area (Å²) in [5.74, 6) is 0. The number of aromatic nitrogens is 2. The van der Waals surface area contributed by atoms with E-state index in [9.17, 15) is 0 Å². The van der Waals surface area contributed by atoms with E-state index >= 15 is 0 Å². The Balaban J connectivity index is 1.31. The third-order valence-electron chi connectivity index (χ3n) is 5.93. The van der Waals surface area contributed by atoms with Gasteiger partial charge in [-0.3, -0.25) is 0 Å². The lowest BCUT2D eigenvalue weighted by molar-refractivity contribution is -0.0989. The van der Waals surface area contributed by atoms with Crippen molar-refractivity contribution < 1.29 is 9.47 Å². The van der Waals surface area contributed by atoms with Crippen molar-refractivity contribution in [3.63, 3.8) is 0 Å². The van der Waals surface area contributed by atoms with Crippen molar-refractivity contribution >= 4 is 5.69 Å². The van der Waals surface area contributed by atoms with Gasteiger partial charge in [-0.1, -0.05) is 0 Å². The summed E-state index contributed by atoms with van der Waals surface area (Å²) in [7, 11) is 2.22. The van der Waals surface area contributed by atoms with Crippen LogP contribution in [-0.4, -0.2) is 73.3 Å². The van der Waals surface area contributed by atoms with E-state index in [1.165, 1.54) is 24.2 Å². The third-order valence-corrected chi connectivity index (χ3v) is 5.93. The number of hydrogen-bond acceptors (Lipinski definition) is 5. The number of hydrogen-bond donors (Lipinski definition) is 0. The second-order valence-corrected chi connectivity index (χ2v) is 8.08. The van der Waals surface area contributed by atoms with E-state index < -0.39 is 0 Å². The predicted octanol–water partition coefficient (Wildman–Crippen LogP) is 2.81. The molecule has 1 aromatic carbocycles. The average Bonchev–Trinajstić information content (AvgIpc) is 3.07. The topological polar surface area (TPSA) is 42.8 Å². The molecule has 0 radical (unpaired) electrons. The Morgan fingerprint density at radius 3 is 2.39 bits per heavy atom. The second-order valence-electron chi connectivity index (χ2n) is 8.08. The van der Waals surface area contributed by atoms with E-state index in [4.69, 9.17) is 9.47 Å². The molecule has 152 valence electrons. The van der Waals surface area contributed by atoms with Gasteiger partial charge >= 0.3 is 0 Å². The molecule has 1 aromatic heterocycles. The van der Waals surface area contributed by atoms with Gasteiger partial charge in [0.05, 0.1) is 37.3 Å². The molecule has 4 rings (SSSR count). The molecule has 0 spiro atoms. The van der Waals surface area contributed by atoms with Crippen LogP contribution in [0, 0.1) is 13.8 Å². The van der Waals surface area contributed by atoms with Gasteiger partial charge in [-0.2, -0.15) is 5.10 Å². The summed E-state index contributed by atoms with van der Waals surface area (Å²) in [5.41, 5.74) is 4.65. The van der Waals surface area contributed by atoms with Crippen LogP contribution in [0.4, 0.5) is 5.69 Å². The summed E-state index contributed by atoms with van der Waals surface area (Å²) in [5, 5.41) is 4.58. The van der Waals surface area contributed by atoms with Gasteiger partial charge in [-0.25, -0.2) is 4.68 Å². The molecule has 2 fully saturated rings. The van der Waals surface area contributed by atoms with E-state index in [1.807, 2.05) is 11.6 Å². The number of aryl methyl sites for hydroxylation is 2. The zero-order valence-corrected chi connectivity index (χ0v) is 17.3. The van der Waals surface area contributed by atoms with Gasteiger partial charge in [0.25, 0.3) is 0 Å². The fourth-order valence-electron chi connectivity index (χ4n) is 4.37. The van der Waals surface area contributed by atoms with Crippen LogP contribution in [0.1, 0.15) is 24.2 Å². The fraction of sp³-hybridized carbons (Fsp3) is 0.591. The minimum Gasteiger partial charge on any atom is -0.376 e. The van der Waals surface area contributed by atoms with Crippen LogP contribution >= 0.6 is 0 Å². The highest BCUT2D eigenvalue weighted by atomic mass is 16.6. The highest BCUT2D eigenvalue weighted by molar-refractivity contribution is 5.51. The maximum Gasteiger partial charge on any atom is 0.0936 e. The predicted molar refractivity (Wildman–Crippen MR) is 111 cm³/mol. The zero-order chi connectivity index (χ0) is 19.5. The van der Waals surface area contributed by atoms with Crippen LogP contribution in [-0.2, 0) is 9.47 Å². The van der Waals surface area contributed by atoms with Crippen molar-refractivity contribution in [3.8, 4) is 5.69 Å². The molecule has 2 aromatic rings. The van der Waals surface area contributed by atoms with Crippen LogP contribution in [0.2, 0.25) is 0 Å². The Morgan fingerprint density at radius 2 is 1.79 bits per heavy atom. The number of benzene rings is 1. The first-order chi connectivity index (χ1) is 13.6. The summed E-state index contributed by atoms with van der Waals surface area (Å²) < 4.78 is 13.3. The van der Waals surface area contributed by atoms with Crippen molar-refractivity contribution in [3.05, 3.63) is 41.7 Å². The van der Waals surface area contributed by atoms with Gasteiger partial charge in [0.15, 0.2) is 0 Å². The van der Waals surface area contributed by atoms with E-state index in [-0.39, 0.29) is 6.10 Å². The van der Waals surface area contributed by atoms with Crippen molar-refractivity contribution in [2.24, 2.45) is 0 Å². The van der Waals surface area contributed by atoms with E-state index in [2.05, 4.69) is 59.2 Å². The Morgan fingerprint density at radius 1 is 1.07 bits per heavy atom. The molecule has 0 unspecified atom stereocenters. The Kier molecular flexibility index (Phi) is 5.99.